The van der Waals surface area contributed by atoms with Gasteiger partial charge in [0.2, 0.25) is 0 Å². The zero-order valence-electron chi connectivity index (χ0n) is 12.3. The van der Waals surface area contributed by atoms with Crippen molar-refractivity contribution in [2.75, 3.05) is 30.0 Å². The molecule has 0 aliphatic carbocycles. The minimum absolute atomic E-state index is 0.237. The van der Waals surface area contributed by atoms with E-state index in [2.05, 4.69) is 5.32 Å². The first-order chi connectivity index (χ1) is 9.90. The number of benzene rings is 2. The Kier molecular flexibility index (Phi) is 4.38. The van der Waals surface area contributed by atoms with Gasteiger partial charge in [0.25, 0.3) is 5.91 Å². The second kappa shape index (κ2) is 6.06. The zero-order chi connectivity index (χ0) is 15.6. The molecule has 0 saturated heterocycles. The summed E-state index contributed by atoms with van der Waals surface area (Å²) in [4.78, 5) is 14.3. The number of halogens is 1. The first-order valence-corrected chi connectivity index (χ1v) is 6.91. The van der Waals surface area contributed by atoms with Crippen LogP contribution in [0.3, 0.4) is 0 Å². The van der Waals surface area contributed by atoms with E-state index in [-0.39, 0.29) is 5.91 Å². The largest absolute Gasteiger partial charge is 0.398 e. The summed E-state index contributed by atoms with van der Waals surface area (Å²) < 4.78 is 0. The highest BCUT2D eigenvalue weighted by molar-refractivity contribution is 6.33. The van der Waals surface area contributed by atoms with Gasteiger partial charge in [-0.1, -0.05) is 23.7 Å². The molecule has 2 rings (SSSR count). The van der Waals surface area contributed by atoms with Gasteiger partial charge in [0.05, 0.1) is 16.3 Å². The summed E-state index contributed by atoms with van der Waals surface area (Å²) in [5, 5.41) is 3.40. The molecule has 110 valence electrons. The average molecular weight is 304 g/mol. The summed E-state index contributed by atoms with van der Waals surface area (Å²) in [6, 6.07) is 10.8. The smallest absolute Gasteiger partial charge is 0.258 e. The minimum atomic E-state index is -0.237. The number of anilines is 3. The van der Waals surface area contributed by atoms with E-state index in [1.54, 1.807) is 12.1 Å². The summed E-state index contributed by atoms with van der Waals surface area (Å²) in [5.41, 5.74) is 9.20. The number of hydrogen-bond acceptors (Lipinski definition) is 3. The van der Waals surface area contributed by atoms with E-state index >= 15 is 0 Å². The fourth-order valence-electron chi connectivity index (χ4n) is 2.14. The van der Waals surface area contributed by atoms with Crippen LogP contribution in [0.15, 0.2) is 36.4 Å². The highest BCUT2D eigenvalue weighted by Crippen LogP contribution is 2.28. The van der Waals surface area contributed by atoms with Crippen LogP contribution in [0.25, 0.3) is 0 Å². The van der Waals surface area contributed by atoms with Crippen molar-refractivity contribution >= 4 is 34.6 Å². The van der Waals surface area contributed by atoms with E-state index in [0.717, 1.165) is 11.3 Å². The Bertz CT molecular complexity index is 663. The molecule has 0 bridgehead atoms. The number of nitrogens with two attached hydrogens (primary N) is 1. The van der Waals surface area contributed by atoms with Crippen molar-refractivity contribution in [3.63, 3.8) is 0 Å². The SMILES string of the molecule is Cc1cccc(N)c1C(=O)Nc1ccc(N(C)C)c(Cl)c1. The molecule has 0 unspecified atom stereocenters. The van der Waals surface area contributed by atoms with E-state index in [4.69, 9.17) is 17.3 Å². The second-order valence-electron chi connectivity index (χ2n) is 5.05. The number of nitrogens with one attached hydrogen (secondary N) is 1. The molecule has 0 atom stereocenters. The molecule has 2 aromatic carbocycles. The van der Waals surface area contributed by atoms with Gasteiger partial charge in [0, 0.05) is 25.5 Å². The Morgan fingerprint density at radius 2 is 1.95 bits per heavy atom. The molecule has 3 N–H and O–H groups in total. The number of nitrogen functional groups attached to an aromatic ring is 1. The van der Waals surface area contributed by atoms with Gasteiger partial charge in [0.1, 0.15) is 0 Å². The number of rotatable bonds is 3. The third kappa shape index (κ3) is 3.28. The van der Waals surface area contributed by atoms with Gasteiger partial charge in [-0.25, -0.2) is 0 Å². The Balaban J connectivity index is 2.26. The van der Waals surface area contributed by atoms with Crippen LogP contribution in [-0.2, 0) is 0 Å². The van der Waals surface area contributed by atoms with Crippen LogP contribution in [0.4, 0.5) is 17.1 Å². The van der Waals surface area contributed by atoms with Gasteiger partial charge in [-0.15, -0.1) is 0 Å². The molecule has 5 heteroatoms. The highest BCUT2D eigenvalue weighted by atomic mass is 35.5. The van der Waals surface area contributed by atoms with E-state index in [0.29, 0.717) is 22.0 Å². The zero-order valence-corrected chi connectivity index (χ0v) is 13.0. The maximum absolute atomic E-state index is 12.3. The van der Waals surface area contributed by atoms with Crippen LogP contribution in [-0.4, -0.2) is 20.0 Å². The van der Waals surface area contributed by atoms with Gasteiger partial charge in [-0.2, -0.15) is 0 Å². The van der Waals surface area contributed by atoms with Crippen molar-refractivity contribution in [1.29, 1.82) is 0 Å². The molecule has 1 amide bonds. The summed E-state index contributed by atoms with van der Waals surface area (Å²) in [7, 11) is 3.82. The summed E-state index contributed by atoms with van der Waals surface area (Å²) in [5.74, 6) is -0.237. The lowest BCUT2D eigenvalue weighted by atomic mass is 10.1. The Hall–Kier alpha value is -2.20. The number of hydrogen-bond donors (Lipinski definition) is 2. The standard InChI is InChI=1S/C16H18ClN3O/c1-10-5-4-6-13(18)15(10)16(21)19-11-7-8-14(20(2)3)12(17)9-11/h4-9H,18H2,1-3H3,(H,19,21). The van der Waals surface area contributed by atoms with E-state index < -0.39 is 0 Å². The molecule has 0 aliphatic heterocycles. The van der Waals surface area contributed by atoms with Gasteiger partial charge in [0.15, 0.2) is 0 Å². The summed E-state index contributed by atoms with van der Waals surface area (Å²) in [6.07, 6.45) is 0. The van der Waals surface area contributed by atoms with E-state index in [1.165, 1.54) is 0 Å². The van der Waals surface area contributed by atoms with Gasteiger partial charge in [-0.3, -0.25) is 4.79 Å². The fraction of sp³-hybridized carbons (Fsp3) is 0.188. The number of nitrogens with zero attached hydrogens (tertiary/aromatic N) is 1. The maximum Gasteiger partial charge on any atom is 0.258 e. The van der Waals surface area contributed by atoms with E-state index in [1.807, 2.05) is 50.2 Å². The van der Waals surface area contributed by atoms with Crippen LogP contribution in [0, 0.1) is 6.92 Å². The van der Waals surface area contributed by atoms with Crippen LogP contribution in [0.2, 0.25) is 5.02 Å². The molecule has 0 radical (unpaired) electrons. The Morgan fingerprint density at radius 1 is 1.24 bits per heavy atom. The fourth-order valence-corrected chi connectivity index (χ4v) is 2.49. The lowest BCUT2D eigenvalue weighted by Gasteiger charge is -2.16. The van der Waals surface area contributed by atoms with Crippen molar-refractivity contribution in [2.24, 2.45) is 0 Å². The number of amides is 1. The molecular formula is C16H18ClN3O. The molecule has 0 heterocycles. The minimum Gasteiger partial charge on any atom is -0.398 e. The molecular weight excluding hydrogens is 286 g/mol. The lowest BCUT2D eigenvalue weighted by Crippen LogP contribution is -2.16. The number of carbonyl (C=O) groups excluding carboxylic acids is 1. The third-order valence-corrected chi connectivity index (χ3v) is 3.52. The van der Waals surface area contributed by atoms with Gasteiger partial charge >= 0.3 is 0 Å². The average Bonchev–Trinajstić information content (AvgIpc) is 2.37. The highest BCUT2D eigenvalue weighted by Gasteiger charge is 2.13. The monoisotopic (exact) mass is 303 g/mol. The molecule has 0 aliphatic rings. The first kappa shape index (κ1) is 15.2. The van der Waals surface area contributed by atoms with Crippen molar-refractivity contribution in [3.05, 3.63) is 52.5 Å². The molecule has 0 spiro atoms. The number of aryl methyl sites for hydroxylation is 1. The molecule has 2 aromatic rings. The van der Waals surface area contributed by atoms with Crippen LogP contribution < -0.4 is 16.0 Å². The van der Waals surface area contributed by atoms with Crippen molar-refractivity contribution in [2.45, 2.75) is 6.92 Å². The molecule has 21 heavy (non-hydrogen) atoms. The maximum atomic E-state index is 12.3. The van der Waals surface area contributed by atoms with Crippen molar-refractivity contribution in [1.82, 2.24) is 0 Å². The third-order valence-electron chi connectivity index (χ3n) is 3.22. The van der Waals surface area contributed by atoms with Crippen molar-refractivity contribution in [3.8, 4) is 0 Å². The summed E-state index contributed by atoms with van der Waals surface area (Å²) in [6.45, 7) is 1.85. The van der Waals surface area contributed by atoms with Gasteiger partial charge < -0.3 is 16.0 Å². The van der Waals surface area contributed by atoms with Gasteiger partial charge in [-0.05, 0) is 36.8 Å². The molecule has 4 nitrogen and oxygen atoms in total. The lowest BCUT2D eigenvalue weighted by molar-refractivity contribution is 0.102. The van der Waals surface area contributed by atoms with Crippen LogP contribution in [0.1, 0.15) is 15.9 Å². The first-order valence-electron chi connectivity index (χ1n) is 6.53. The predicted molar refractivity (Wildman–Crippen MR) is 89.3 cm³/mol. The van der Waals surface area contributed by atoms with Crippen LogP contribution in [0.5, 0.6) is 0 Å². The quantitative estimate of drug-likeness (QED) is 0.853. The summed E-state index contributed by atoms with van der Waals surface area (Å²) >= 11 is 6.20. The molecule has 0 fully saturated rings. The Labute approximate surface area is 129 Å². The predicted octanol–water partition coefficient (Wildman–Crippen LogP) is 3.55. The topological polar surface area (TPSA) is 58.4 Å². The second-order valence-corrected chi connectivity index (χ2v) is 5.46. The molecule has 0 saturated carbocycles. The normalized spacial score (nSPS) is 10.3. The van der Waals surface area contributed by atoms with Crippen molar-refractivity contribution < 1.29 is 4.79 Å². The number of carbonyl (C=O) groups is 1. The Morgan fingerprint density at radius 3 is 2.52 bits per heavy atom. The van der Waals surface area contributed by atoms with E-state index in [9.17, 15) is 4.79 Å². The molecule has 0 aromatic heterocycles. The van der Waals surface area contributed by atoms with Crippen LogP contribution >= 0.6 is 11.6 Å².